The Bertz CT molecular complexity index is 1280. The highest BCUT2D eigenvalue weighted by molar-refractivity contribution is 5.77. The maximum Gasteiger partial charge on any atom is 0.317 e. The van der Waals surface area contributed by atoms with Crippen LogP contribution in [-0.2, 0) is 22.7 Å². The van der Waals surface area contributed by atoms with Crippen molar-refractivity contribution in [3.05, 3.63) is 89.5 Å². The summed E-state index contributed by atoms with van der Waals surface area (Å²) < 4.78 is 11.3. The number of rotatable bonds is 9. The number of ether oxygens (including phenoxy) is 1. The van der Waals surface area contributed by atoms with Gasteiger partial charge in [0.1, 0.15) is 5.69 Å². The van der Waals surface area contributed by atoms with Gasteiger partial charge in [0.25, 0.3) is 0 Å². The third-order valence-corrected chi connectivity index (χ3v) is 5.83. The lowest BCUT2D eigenvalue weighted by Crippen LogP contribution is -2.25. The first kappa shape index (κ1) is 23.4. The number of methoxy groups -OCH3 is 1. The molecule has 6 nitrogen and oxygen atoms in total. The molecule has 0 aliphatic carbocycles. The van der Waals surface area contributed by atoms with Crippen molar-refractivity contribution in [3.8, 4) is 33.7 Å². The van der Waals surface area contributed by atoms with Crippen LogP contribution in [0.5, 0.6) is 0 Å². The molecule has 6 heteroatoms. The van der Waals surface area contributed by atoms with Gasteiger partial charge in [-0.3, -0.25) is 9.69 Å². The quantitative estimate of drug-likeness (QED) is 0.351. The molecule has 1 aromatic heterocycles. The number of nitrogens with zero attached hydrogens (tertiary/aromatic N) is 2. The highest BCUT2D eigenvalue weighted by Crippen LogP contribution is 2.35. The smallest absolute Gasteiger partial charge is 0.317 e. The van der Waals surface area contributed by atoms with Gasteiger partial charge in [0.15, 0.2) is 5.76 Å². The highest BCUT2D eigenvalue weighted by atomic mass is 16.5. The minimum absolute atomic E-state index is 0.0149. The van der Waals surface area contributed by atoms with Crippen molar-refractivity contribution in [1.29, 1.82) is 0 Å². The third-order valence-electron chi connectivity index (χ3n) is 5.83. The van der Waals surface area contributed by atoms with Gasteiger partial charge in [-0.15, -0.1) is 0 Å². The molecule has 4 rings (SSSR count). The molecule has 0 atom stereocenters. The van der Waals surface area contributed by atoms with Crippen molar-refractivity contribution in [2.24, 2.45) is 0 Å². The first-order chi connectivity index (χ1) is 16.5. The van der Waals surface area contributed by atoms with Crippen molar-refractivity contribution in [1.82, 2.24) is 10.1 Å². The number of carboxylic acid groups (broad SMARTS) is 1. The topological polar surface area (TPSA) is 75.8 Å². The first-order valence-electron chi connectivity index (χ1n) is 11.1. The Morgan fingerprint density at radius 1 is 1.00 bits per heavy atom. The maximum absolute atomic E-state index is 11.0. The maximum atomic E-state index is 11.0. The van der Waals surface area contributed by atoms with E-state index >= 15 is 0 Å². The second-order valence-corrected chi connectivity index (χ2v) is 8.41. The molecular formula is C28H28N2O4. The van der Waals surface area contributed by atoms with E-state index in [2.05, 4.69) is 36.3 Å². The zero-order valence-corrected chi connectivity index (χ0v) is 19.6. The predicted molar refractivity (Wildman–Crippen MR) is 132 cm³/mol. The summed E-state index contributed by atoms with van der Waals surface area (Å²) in [6.45, 7) is 3.08. The van der Waals surface area contributed by atoms with E-state index in [-0.39, 0.29) is 6.54 Å². The lowest BCUT2D eigenvalue weighted by atomic mass is 9.92. The number of carbonyl (C=O) groups is 1. The Morgan fingerprint density at radius 3 is 2.47 bits per heavy atom. The van der Waals surface area contributed by atoms with Crippen LogP contribution >= 0.6 is 0 Å². The van der Waals surface area contributed by atoms with Crippen LogP contribution in [0, 0.1) is 6.92 Å². The van der Waals surface area contributed by atoms with E-state index in [1.807, 2.05) is 48.5 Å². The van der Waals surface area contributed by atoms with Crippen LogP contribution in [0.3, 0.4) is 0 Å². The molecule has 0 unspecified atom stereocenters. The zero-order chi connectivity index (χ0) is 24.1. The van der Waals surface area contributed by atoms with Crippen LogP contribution in [-0.4, -0.2) is 41.8 Å². The highest BCUT2D eigenvalue weighted by Gasteiger charge is 2.17. The number of aliphatic carboxylic acids is 1. The van der Waals surface area contributed by atoms with Gasteiger partial charge in [-0.05, 0) is 47.9 Å². The minimum atomic E-state index is -0.847. The van der Waals surface area contributed by atoms with Crippen molar-refractivity contribution in [2.75, 3.05) is 20.7 Å². The minimum Gasteiger partial charge on any atom is -0.480 e. The molecule has 3 aromatic carbocycles. The normalized spacial score (nSPS) is 11.2. The van der Waals surface area contributed by atoms with Gasteiger partial charge in [0.2, 0.25) is 0 Å². The molecule has 34 heavy (non-hydrogen) atoms. The van der Waals surface area contributed by atoms with Crippen molar-refractivity contribution in [3.63, 3.8) is 0 Å². The number of carboxylic acids is 1. The molecule has 0 radical (unpaired) electrons. The molecule has 1 heterocycles. The number of hydrogen-bond acceptors (Lipinski definition) is 5. The lowest BCUT2D eigenvalue weighted by Gasteiger charge is -2.15. The molecule has 0 spiro atoms. The average molecular weight is 457 g/mol. The Labute approximate surface area is 199 Å². The fraction of sp³-hybridized carbons (Fsp3) is 0.214. The van der Waals surface area contributed by atoms with Crippen molar-refractivity contribution in [2.45, 2.75) is 20.1 Å². The average Bonchev–Trinajstić information content (AvgIpc) is 3.31. The molecule has 174 valence electrons. The number of hydrogen-bond donors (Lipinski definition) is 1. The lowest BCUT2D eigenvalue weighted by molar-refractivity contribution is -0.138. The number of aromatic nitrogens is 1. The molecule has 1 N–H and O–H groups in total. The molecule has 4 aromatic rings. The van der Waals surface area contributed by atoms with Crippen LogP contribution in [0.25, 0.3) is 33.7 Å². The van der Waals surface area contributed by atoms with Crippen molar-refractivity contribution < 1.29 is 19.2 Å². The summed E-state index contributed by atoms with van der Waals surface area (Å²) in [4.78, 5) is 12.7. The summed E-state index contributed by atoms with van der Waals surface area (Å²) >= 11 is 0. The van der Waals surface area contributed by atoms with Crippen LogP contribution in [0.15, 0.2) is 77.3 Å². The van der Waals surface area contributed by atoms with E-state index < -0.39 is 5.97 Å². The van der Waals surface area contributed by atoms with E-state index in [0.29, 0.717) is 18.9 Å². The second-order valence-electron chi connectivity index (χ2n) is 8.41. The molecule has 0 fully saturated rings. The molecular weight excluding hydrogens is 428 g/mol. The predicted octanol–water partition coefficient (Wildman–Crippen LogP) is 5.65. The van der Waals surface area contributed by atoms with E-state index in [1.165, 1.54) is 0 Å². The summed E-state index contributed by atoms with van der Waals surface area (Å²) in [6, 6.07) is 24.3. The van der Waals surface area contributed by atoms with Crippen LogP contribution in [0.4, 0.5) is 0 Å². The fourth-order valence-electron chi connectivity index (χ4n) is 4.21. The van der Waals surface area contributed by atoms with E-state index in [4.69, 9.17) is 14.4 Å². The molecule has 0 saturated carbocycles. The first-order valence-corrected chi connectivity index (χ1v) is 11.1. The van der Waals surface area contributed by atoms with Gasteiger partial charge in [0.05, 0.1) is 13.2 Å². The summed E-state index contributed by atoms with van der Waals surface area (Å²) in [5.74, 6) is -0.168. The standard InChI is InChI=1S/C28H28N2O4/c1-19-23(21-9-5-4-6-10-21)12-13-24(25(19)18-33-3)27-15-26(29-34-27)22-11-7-8-20(14-22)16-30(2)17-28(31)32/h4-15H,16-18H2,1-3H3,(H,31,32). The van der Waals surface area contributed by atoms with E-state index in [1.54, 1.807) is 19.1 Å². The molecule has 0 bridgehead atoms. The largest absolute Gasteiger partial charge is 0.480 e. The summed E-state index contributed by atoms with van der Waals surface area (Å²) in [7, 11) is 3.48. The molecule has 0 amide bonds. The Morgan fingerprint density at radius 2 is 1.74 bits per heavy atom. The molecule has 0 aliphatic heterocycles. The molecule has 0 saturated heterocycles. The van der Waals surface area contributed by atoms with Crippen LogP contribution in [0.1, 0.15) is 16.7 Å². The van der Waals surface area contributed by atoms with Crippen molar-refractivity contribution >= 4 is 5.97 Å². The second kappa shape index (κ2) is 10.5. The summed E-state index contributed by atoms with van der Waals surface area (Å²) in [6.07, 6.45) is 0. The monoisotopic (exact) mass is 456 g/mol. The summed E-state index contributed by atoms with van der Waals surface area (Å²) in [5.41, 5.74) is 8.14. The van der Waals surface area contributed by atoms with Crippen LogP contribution in [0.2, 0.25) is 0 Å². The zero-order valence-electron chi connectivity index (χ0n) is 19.6. The van der Waals surface area contributed by atoms with E-state index in [9.17, 15) is 4.79 Å². The Hall–Kier alpha value is -3.74. The van der Waals surface area contributed by atoms with Gasteiger partial charge >= 0.3 is 5.97 Å². The fourth-order valence-corrected chi connectivity index (χ4v) is 4.21. The van der Waals surface area contributed by atoms with E-state index in [0.717, 1.165) is 44.6 Å². The van der Waals surface area contributed by atoms with Gasteiger partial charge in [-0.25, -0.2) is 0 Å². The van der Waals surface area contributed by atoms with Gasteiger partial charge in [0, 0.05) is 30.8 Å². The SMILES string of the molecule is COCc1c(-c2cc(-c3cccc(CN(C)CC(=O)O)c3)no2)ccc(-c2ccccc2)c1C. The Kier molecular flexibility index (Phi) is 7.21. The third kappa shape index (κ3) is 5.25. The number of likely N-dealkylation sites (N-methyl/N-ethyl adjacent to an activating group) is 1. The number of benzene rings is 3. The van der Waals surface area contributed by atoms with Gasteiger partial charge < -0.3 is 14.4 Å². The van der Waals surface area contributed by atoms with Crippen LogP contribution < -0.4 is 0 Å². The van der Waals surface area contributed by atoms with Gasteiger partial charge in [-0.2, -0.15) is 0 Å². The molecule has 0 aliphatic rings. The van der Waals surface area contributed by atoms with Gasteiger partial charge in [-0.1, -0.05) is 65.8 Å². The Balaban J connectivity index is 1.65. The summed E-state index contributed by atoms with van der Waals surface area (Å²) in [5, 5.41) is 13.3.